The molecular formula is C19H18N4O3. The number of pyridine rings is 1. The van der Waals surface area contributed by atoms with Gasteiger partial charge in [0.2, 0.25) is 0 Å². The Balaban J connectivity index is 1.99. The van der Waals surface area contributed by atoms with Crippen molar-refractivity contribution in [1.82, 2.24) is 10.5 Å². The molecule has 2 heterocycles. The third-order valence-electron chi connectivity index (χ3n) is 3.83. The van der Waals surface area contributed by atoms with Crippen molar-refractivity contribution in [3.8, 4) is 11.1 Å². The van der Waals surface area contributed by atoms with Crippen LogP contribution in [0.4, 0.5) is 5.69 Å². The third-order valence-corrected chi connectivity index (χ3v) is 3.83. The maximum absolute atomic E-state index is 12.2. The highest BCUT2D eigenvalue weighted by Crippen LogP contribution is 2.31. The molecule has 0 saturated carbocycles. The lowest BCUT2D eigenvalue weighted by atomic mass is 10.0. The van der Waals surface area contributed by atoms with Gasteiger partial charge in [-0.15, -0.1) is 0 Å². The Bertz CT molecular complexity index is 919. The summed E-state index contributed by atoms with van der Waals surface area (Å²) in [4.78, 5) is 36.6. The molecule has 0 aliphatic carbocycles. The molecule has 0 fully saturated rings. The number of amidine groups is 1. The van der Waals surface area contributed by atoms with Crippen LogP contribution in [0, 0.1) is 0 Å². The highest BCUT2D eigenvalue weighted by Gasteiger charge is 2.16. The number of hydrogen-bond donors (Lipinski definition) is 2. The third kappa shape index (κ3) is 3.84. The molecule has 7 heteroatoms. The molecule has 0 spiro atoms. The van der Waals surface area contributed by atoms with E-state index >= 15 is 0 Å². The first-order chi connectivity index (χ1) is 12.6. The number of hydroxylamine groups is 1. The molecule has 1 amide bonds. The molecule has 1 aromatic heterocycles. The Labute approximate surface area is 150 Å². The molecule has 3 N–H and O–H groups in total. The van der Waals surface area contributed by atoms with Gasteiger partial charge in [-0.25, -0.2) is 10.5 Å². The van der Waals surface area contributed by atoms with E-state index in [4.69, 9.17) is 10.6 Å². The van der Waals surface area contributed by atoms with Crippen LogP contribution in [0.5, 0.6) is 0 Å². The lowest BCUT2D eigenvalue weighted by Crippen LogP contribution is -2.27. The van der Waals surface area contributed by atoms with Crippen LogP contribution in [0.15, 0.2) is 47.2 Å². The zero-order valence-electron chi connectivity index (χ0n) is 14.2. The van der Waals surface area contributed by atoms with Gasteiger partial charge in [0.1, 0.15) is 5.84 Å². The molecule has 0 atom stereocenters. The van der Waals surface area contributed by atoms with Crippen LogP contribution in [0.3, 0.4) is 0 Å². The van der Waals surface area contributed by atoms with Crippen molar-refractivity contribution < 1.29 is 14.4 Å². The largest absolute Gasteiger partial charge is 0.387 e. The van der Waals surface area contributed by atoms with Gasteiger partial charge in [0.05, 0.1) is 12.3 Å². The van der Waals surface area contributed by atoms with E-state index in [1.807, 2.05) is 18.2 Å². The second-order valence-corrected chi connectivity index (χ2v) is 5.71. The zero-order valence-corrected chi connectivity index (χ0v) is 14.2. The van der Waals surface area contributed by atoms with Crippen LogP contribution in [0.25, 0.3) is 17.2 Å². The smallest absolute Gasteiger partial charge is 0.271 e. The first-order valence-corrected chi connectivity index (χ1v) is 8.11. The summed E-state index contributed by atoms with van der Waals surface area (Å²) in [6.07, 6.45) is 5.90. The normalized spacial score (nSPS) is 13.1. The fourth-order valence-corrected chi connectivity index (χ4v) is 2.60. The number of nitrogens with two attached hydrogens (primary N) is 1. The van der Waals surface area contributed by atoms with Gasteiger partial charge in [0.25, 0.3) is 5.91 Å². The summed E-state index contributed by atoms with van der Waals surface area (Å²) < 4.78 is 0. The lowest BCUT2D eigenvalue weighted by Gasteiger charge is -2.07. The maximum atomic E-state index is 12.2. The number of nitrogens with zero attached hydrogens (tertiary/aromatic N) is 2. The number of aldehydes is 1. The van der Waals surface area contributed by atoms with Crippen LogP contribution in [-0.4, -0.2) is 29.6 Å². The number of nitrogens with one attached hydrogen (secondary N) is 1. The fraction of sp³-hybridized carbons (Fsp3) is 0.158. The van der Waals surface area contributed by atoms with E-state index in [1.54, 1.807) is 25.3 Å². The molecule has 0 radical (unpaired) electrons. The molecule has 3 rings (SSSR count). The van der Waals surface area contributed by atoms with E-state index < -0.39 is 0 Å². The number of fused-ring (bicyclic) bond motifs is 1. The number of carbonyl (C=O) groups is 2. The number of carbonyl (C=O) groups excluding carboxylic acids is 2. The van der Waals surface area contributed by atoms with Crippen molar-refractivity contribution in [2.45, 2.75) is 13.3 Å². The van der Waals surface area contributed by atoms with Crippen molar-refractivity contribution in [2.75, 3.05) is 6.61 Å². The summed E-state index contributed by atoms with van der Waals surface area (Å²) in [6, 6.07) is 7.35. The molecule has 1 aromatic carbocycles. The van der Waals surface area contributed by atoms with Gasteiger partial charge < -0.3 is 5.73 Å². The number of aliphatic imine (C=N–C) groups is 1. The van der Waals surface area contributed by atoms with Gasteiger partial charge >= 0.3 is 0 Å². The standard InChI is InChI=1S/C19H18N4O3/c1-2-26-23-19(25)15-6-14-4-3-13(7-17(14)22-18(20)8-15)16-5-12(11-24)9-21-10-16/h3-7,9-11H,2,8H2,1H3,(H2,20,22)(H,23,25). The number of aromatic nitrogens is 1. The van der Waals surface area contributed by atoms with Crippen molar-refractivity contribution >= 4 is 29.8 Å². The number of rotatable bonds is 5. The Morgan fingerprint density at radius 3 is 2.92 bits per heavy atom. The van der Waals surface area contributed by atoms with Crippen molar-refractivity contribution in [2.24, 2.45) is 10.7 Å². The molecule has 0 bridgehead atoms. The molecule has 1 aliphatic rings. The fourth-order valence-electron chi connectivity index (χ4n) is 2.60. The molecule has 26 heavy (non-hydrogen) atoms. The van der Waals surface area contributed by atoms with Gasteiger partial charge in [0, 0.05) is 41.1 Å². The minimum absolute atomic E-state index is 0.227. The maximum Gasteiger partial charge on any atom is 0.271 e. The molecule has 7 nitrogen and oxygen atoms in total. The van der Waals surface area contributed by atoms with Gasteiger partial charge in [-0.05, 0) is 30.7 Å². The minimum atomic E-state index is -0.343. The van der Waals surface area contributed by atoms with E-state index in [-0.39, 0.29) is 12.3 Å². The summed E-state index contributed by atoms with van der Waals surface area (Å²) in [6.45, 7) is 2.15. The van der Waals surface area contributed by atoms with E-state index in [0.29, 0.717) is 29.3 Å². The second kappa shape index (κ2) is 7.71. The monoisotopic (exact) mass is 350 g/mol. The average molecular weight is 350 g/mol. The Kier molecular flexibility index (Phi) is 5.19. The van der Waals surface area contributed by atoms with Gasteiger partial charge in [-0.1, -0.05) is 12.1 Å². The summed E-state index contributed by atoms with van der Waals surface area (Å²) in [5.41, 5.74) is 12.4. The predicted octanol–water partition coefficient (Wildman–Crippen LogP) is 2.40. The zero-order chi connectivity index (χ0) is 18.5. The highest BCUT2D eigenvalue weighted by molar-refractivity contribution is 6.05. The van der Waals surface area contributed by atoms with Crippen LogP contribution < -0.4 is 11.2 Å². The van der Waals surface area contributed by atoms with Crippen LogP contribution >= 0.6 is 0 Å². The Morgan fingerprint density at radius 2 is 2.15 bits per heavy atom. The van der Waals surface area contributed by atoms with Crippen LogP contribution in [-0.2, 0) is 9.63 Å². The Morgan fingerprint density at radius 1 is 1.31 bits per heavy atom. The van der Waals surface area contributed by atoms with Crippen LogP contribution in [0.1, 0.15) is 29.3 Å². The number of benzene rings is 1. The minimum Gasteiger partial charge on any atom is -0.387 e. The van der Waals surface area contributed by atoms with E-state index in [9.17, 15) is 9.59 Å². The SMILES string of the molecule is CCONC(=O)C1=Cc2ccc(-c3cncc(C=O)c3)cc2N=C(N)C1. The summed E-state index contributed by atoms with van der Waals surface area (Å²) >= 11 is 0. The lowest BCUT2D eigenvalue weighted by molar-refractivity contribution is -0.129. The van der Waals surface area contributed by atoms with Crippen molar-refractivity contribution in [1.29, 1.82) is 0 Å². The average Bonchev–Trinajstić information content (AvgIpc) is 2.83. The first-order valence-electron chi connectivity index (χ1n) is 8.11. The quantitative estimate of drug-likeness (QED) is 0.636. The molecule has 1 aliphatic heterocycles. The summed E-state index contributed by atoms with van der Waals surface area (Å²) in [5, 5.41) is 0. The highest BCUT2D eigenvalue weighted by atomic mass is 16.6. The van der Waals surface area contributed by atoms with Gasteiger partial charge in [-0.2, -0.15) is 0 Å². The van der Waals surface area contributed by atoms with E-state index in [2.05, 4.69) is 15.5 Å². The molecule has 132 valence electrons. The molecular weight excluding hydrogens is 332 g/mol. The van der Waals surface area contributed by atoms with Crippen molar-refractivity contribution in [3.05, 3.63) is 53.4 Å². The Hall–Kier alpha value is -3.32. The van der Waals surface area contributed by atoms with Crippen LogP contribution in [0.2, 0.25) is 0 Å². The number of hydrogen-bond acceptors (Lipinski definition) is 6. The predicted molar refractivity (Wildman–Crippen MR) is 98.7 cm³/mol. The van der Waals surface area contributed by atoms with Crippen molar-refractivity contribution in [3.63, 3.8) is 0 Å². The summed E-state index contributed by atoms with van der Waals surface area (Å²) in [5.74, 6) is -0.0108. The molecule has 0 saturated heterocycles. The van der Waals surface area contributed by atoms with Gasteiger partial charge in [-0.3, -0.25) is 19.4 Å². The number of amides is 1. The van der Waals surface area contributed by atoms with E-state index in [0.717, 1.165) is 23.0 Å². The molecule has 2 aromatic rings. The van der Waals surface area contributed by atoms with E-state index in [1.165, 1.54) is 6.20 Å². The van der Waals surface area contributed by atoms with Gasteiger partial charge in [0.15, 0.2) is 6.29 Å². The first kappa shape index (κ1) is 17.5. The molecule has 0 unspecified atom stereocenters. The second-order valence-electron chi connectivity index (χ2n) is 5.71. The summed E-state index contributed by atoms with van der Waals surface area (Å²) in [7, 11) is 0. The topological polar surface area (TPSA) is 107 Å².